The van der Waals surface area contributed by atoms with Crippen LogP contribution in [0.5, 0.6) is 0 Å². The lowest BCUT2D eigenvalue weighted by Crippen LogP contribution is -2.26. The molecule has 0 spiro atoms. The zero-order chi connectivity index (χ0) is 11.1. The van der Waals surface area contributed by atoms with Crippen LogP contribution in [-0.2, 0) is 4.79 Å². The van der Waals surface area contributed by atoms with Gasteiger partial charge in [0, 0.05) is 13.1 Å². The Hall–Kier alpha value is -1.78. The Bertz CT molecular complexity index is 333. The minimum Gasteiger partial charge on any atom is -0.456 e. The maximum atomic E-state index is 11.4. The summed E-state index contributed by atoms with van der Waals surface area (Å²) in [5.74, 6) is 0.799. The van der Waals surface area contributed by atoms with Gasteiger partial charge in [0.25, 0.3) is 5.91 Å². The second-order valence-corrected chi connectivity index (χ2v) is 3.09. The second kappa shape index (κ2) is 5.85. The van der Waals surface area contributed by atoms with Crippen LogP contribution in [-0.4, -0.2) is 25.4 Å². The number of rotatable bonds is 6. The first-order valence-corrected chi connectivity index (χ1v) is 4.75. The van der Waals surface area contributed by atoms with Crippen molar-refractivity contribution in [3.63, 3.8) is 0 Å². The lowest BCUT2D eigenvalue weighted by molar-refractivity contribution is -0.109. The van der Waals surface area contributed by atoms with Crippen LogP contribution in [0.4, 0.5) is 0 Å². The Morgan fingerprint density at radius 3 is 2.87 bits per heavy atom. The molecule has 0 unspecified atom stereocenters. The monoisotopic (exact) mass is 210 g/mol. The summed E-state index contributed by atoms with van der Waals surface area (Å²) in [4.78, 5) is 21.3. The number of amides is 2. The van der Waals surface area contributed by atoms with E-state index >= 15 is 0 Å². The Kier molecular flexibility index (Phi) is 4.40. The van der Waals surface area contributed by atoms with E-state index in [1.54, 1.807) is 19.1 Å². The number of hydrogen-bond donors (Lipinski definition) is 2. The van der Waals surface area contributed by atoms with Crippen molar-refractivity contribution in [3.05, 3.63) is 23.7 Å². The Balaban J connectivity index is 2.22. The third-order valence-electron chi connectivity index (χ3n) is 1.83. The highest BCUT2D eigenvalue weighted by Gasteiger charge is 2.07. The average molecular weight is 210 g/mol. The SMILES string of the molecule is Cc1ccc(C(=O)NCCCNC=O)o1. The molecule has 0 saturated carbocycles. The number of carbonyl (C=O) groups is 2. The fraction of sp³-hybridized carbons (Fsp3) is 0.400. The topological polar surface area (TPSA) is 71.3 Å². The van der Waals surface area contributed by atoms with E-state index in [-0.39, 0.29) is 5.91 Å². The van der Waals surface area contributed by atoms with Gasteiger partial charge in [-0.3, -0.25) is 9.59 Å². The molecule has 0 aliphatic heterocycles. The smallest absolute Gasteiger partial charge is 0.286 e. The van der Waals surface area contributed by atoms with E-state index in [9.17, 15) is 9.59 Å². The molecule has 1 heterocycles. The summed E-state index contributed by atoms with van der Waals surface area (Å²) in [6.07, 6.45) is 1.34. The molecule has 0 atom stereocenters. The average Bonchev–Trinajstić information content (AvgIpc) is 2.64. The summed E-state index contributed by atoms with van der Waals surface area (Å²) in [6.45, 7) is 2.85. The highest BCUT2D eigenvalue weighted by Crippen LogP contribution is 2.05. The third kappa shape index (κ3) is 3.84. The summed E-state index contributed by atoms with van der Waals surface area (Å²) < 4.78 is 5.14. The largest absolute Gasteiger partial charge is 0.456 e. The highest BCUT2D eigenvalue weighted by molar-refractivity contribution is 5.91. The maximum absolute atomic E-state index is 11.4. The van der Waals surface area contributed by atoms with Crippen LogP contribution in [0.3, 0.4) is 0 Å². The molecule has 0 radical (unpaired) electrons. The van der Waals surface area contributed by atoms with Crippen molar-refractivity contribution in [2.75, 3.05) is 13.1 Å². The van der Waals surface area contributed by atoms with Gasteiger partial charge in [-0.15, -0.1) is 0 Å². The molecule has 1 aromatic rings. The lowest BCUT2D eigenvalue weighted by atomic mass is 10.4. The van der Waals surface area contributed by atoms with Gasteiger partial charge in [0.15, 0.2) is 5.76 Å². The molecule has 5 nitrogen and oxygen atoms in total. The van der Waals surface area contributed by atoms with Gasteiger partial charge in [0.1, 0.15) is 5.76 Å². The second-order valence-electron chi connectivity index (χ2n) is 3.09. The van der Waals surface area contributed by atoms with Gasteiger partial charge in [-0.25, -0.2) is 0 Å². The van der Waals surface area contributed by atoms with Crippen LogP contribution in [0, 0.1) is 6.92 Å². The highest BCUT2D eigenvalue weighted by atomic mass is 16.3. The normalized spacial score (nSPS) is 9.67. The fourth-order valence-electron chi connectivity index (χ4n) is 1.09. The van der Waals surface area contributed by atoms with Crippen molar-refractivity contribution < 1.29 is 14.0 Å². The van der Waals surface area contributed by atoms with Crippen molar-refractivity contribution in [1.82, 2.24) is 10.6 Å². The van der Waals surface area contributed by atoms with Crippen molar-refractivity contribution in [3.8, 4) is 0 Å². The van der Waals surface area contributed by atoms with Crippen molar-refractivity contribution in [2.24, 2.45) is 0 Å². The number of carbonyl (C=O) groups excluding carboxylic acids is 2. The Morgan fingerprint density at radius 1 is 1.47 bits per heavy atom. The summed E-state index contributed by atoms with van der Waals surface area (Å²) >= 11 is 0. The quantitative estimate of drug-likeness (QED) is 0.529. The van der Waals surface area contributed by atoms with Gasteiger partial charge in [0.2, 0.25) is 6.41 Å². The van der Waals surface area contributed by atoms with E-state index in [2.05, 4.69) is 10.6 Å². The van der Waals surface area contributed by atoms with E-state index < -0.39 is 0 Å². The Morgan fingerprint density at radius 2 is 2.27 bits per heavy atom. The third-order valence-corrected chi connectivity index (χ3v) is 1.83. The summed E-state index contributed by atoms with van der Waals surface area (Å²) in [5, 5.41) is 5.19. The summed E-state index contributed by atoms with van der Waals surface area (Å²) in [6, 6.07) is 3.37. The molecule has 0 aliphatic rings. The molecular formula is C10H14N2O3. The van der Waals surface area contributed by atoms with Crippen molar-refractivity contribution in [1.29, 1.82) is 0 Å². The molecule has 0 fully saturated rings. The molecular weight excluding hydrogens is 196 g/mol. The minimum atomic E-state index is -0.228. The zero-order valence-corrected chi connectivity index (χ0v) is 8.58. The molecule has 0 saturated heterocycles. The van der Waals surface area contributed by atoms with Gasteiger partial charge in [-0.1, -0.05) is 0 Å². The van der Waals surface area contributed by atoms with Crippen LogP contribution in [0.25, 0.3) is 0 Å². The molecule has 2 N–H and O–H groups in total. The minimum absolute atomic E-state index is 0.228. The van der Waals surface area contributed by atoms with Gasteiger partial charge in [-0.05, 0) is 25.5 Å². The van der Waals surface area contributed by atoms with Crippen LogP contribution < -0.4 is 10.6 Å². The van der Waals surface area contributed by atoms with Gasteiger partial charge in [0.05, 0.1) is 0 Å². The van der Waals surface area contributed by atoms with E-state index in [1.807, 2.05) is 0 Å². The molecule has 0 bridgehead atoms. The van der Waals surface area contributed by atoms with E-state index in [4.69, 9.17) is 4.42 Å². The van der Waals surface area contributed by atoms with Crippen LogP contribution in [0.2, 0.25) is 0 Å². The van der Waals surface area contributed by atoms with Crippen LogP contribution >= 0.6 is 0 Å². The number of nitrogens with one attached hydrogen (secondary N) is 2. The van der Waals surface area contributed by atoms with Gasteiger partial charge >= 0.3 is 0 Å². The molecule has 5 heteroatoms. The summed E-state index contributed by atoms with van der Waals surface area (Å²) in [5.41, 5.74) is 0. The van der Waals surface area contributed by atoms with Crippen molar-refractivity contribution >= 4 is 12.3 Å². The predicted molar refractivity (Wildman–Crippen MR) is 54.5 cm³/mol. The van der Waals surface area contributed by atoms with Gasteiger partial charge in [-0.2, -0.15) is 0 Å². The van der Waals surface area contributed by atoms with Crippen LogP contribution in [0.1, 0.15) is 22.7 Å². The van der Waals surface area contributed by atoms with Crippen LogP contribution in [0.15, 0.2) is 16.5 Å². The molecule has 0 aliphatic carbocycles. The van der Waals surface area contributed by atoms with E-state index in [0.29, 0.717) is 37.4 Å². The lowest BCUT2D eigenvalue weighted by Gasteiger charge is -2.02. The molecule has 15 heavy (non-hydrogen) atoms. The molecule has 1 rings (SSSR count). The van der Waals surface area contributed by atoms with E-state index in [0.717, 1.165) is 0 Å². The standard InChI is InChI=1S/C10H14N2O3/c1-8-3-4-9(15-8)10(14)12-6-2-5-11-7-13/h3-4,7H,2,5-6H2,1H3,(H,11,13)(H,12,14). The fourth-order valence-corrected chi connectivity index (χ4v) is 1.09. The first-order valence-electron chi connectivity index (χ1n) is 4.75. The molecule has 1 aromatic heterocycles. The zero-order valence-electron chi connectivity index (χ0n) is 8.58. The van der Waals surface area contributed by atoms with E-state index in [1.165, 1.54) is 0 Å². The number of furan rings is 1. The molecule has 2 amide bonds. The number of aryl methyl sites for hydroxylation is 1. The van der Waals surface area contributed by atoms with Crippen molar-refractivity contribution in [2.45, 2.75) is 13.3 Å². The number of hydrogen-bond acceptors (Lipinski definition) is 3. The maximum Gasteiger partial charge on any atom is 0.286 e. The predicted octanol–water partition coefficient (Wildman–Crippen LogP) is 0.454. The molecule has 82 valence electrons. The Labute approximate surface area is 87.8 Å². The molecule has 0 aromatic carbocycles. The first-order chi connectivity index (χ1) is 7.24. The summed E-state index contributed by atoms with van der Waals surface area (Å²) in [7, 11) is 0. The first kappa shape index (κ1) is 11.3. The van der Waals surface area contributed by atoms with Gasteiger partial charge < -0.3 is 15.1 Å².